The van der Waals surface area contributed by atoms with E-state index in [1.54, 1.807) is 5.57 Å². The molecule has 0 saturated carbocycles. The van der Waals surface area contributed by atoms with Crippen LogP contribution in [0.1, 0.15) is 84.5 Å². The van der Waals surface area contributed by atoms with Gasteiger partial charge in [-0.2, -0.15) is 0 Å². The standard InChI is InChI=1S/C17H32O2/c1-4-5-13-16(2)14-11-9-7-6-8-10-12-15-17(18)19-3/h14H,4-13,15H2,1-3H3/b16-14-. The Balaban J connectivity index is 3.24. The minimum atomic E-state index is -0.0762. The summed E-state index contributed by atoms with van der Waals surface area (Å²) in [7, 11) is 1.46. The van der Waals surface area contributed by atoms with Gasteiger partial charge in [-0.1, -0.05) is 50.7 Å². The Kier molecular flexibility index (Phi) is 13.1. The van der Waals surface area contributed by atoms with Crippen molar-refractivity contribution < 1.29 is 9.53 Å². The summed E-state index contributed by atoms with van der Waals surface area (Å²) >= 11 is 0. The third-order valence-corrected chi connectivity index (χ3v) is 3.48. The number of allylic oxidation sites excluding steroid dienone is 2. The van der Waals surface area contributed by atoms with Gasteiger partial charge in [0.15, 0.2) is 0 Å². The Labute approximate surface area is 119 Å². The molecule has 0 fully saturated rings. The van der Waals surface area contributed by atoms with Crippen molar-refractivity contribution in [2.24, 2.45) is 0 Å². The summed E-state index contributed by atoms with van der Waals surface area (Å²) in [4.78, 5) is 10.9. The van der Waals surface area contributed by atoms with Crippen LogP contribution in [-0.2, 0) is 9.53 Å². The number of carbonyl (C=O) groups is 1. The van der Waals surface area contributed by atoms with Crippen LogP contribution >= 0.6 is 0 Å². The summed E-state index contributed by atoms with van der Waals surface area (Å²) < 4.78 is 4.61. The molecular formula is C17H32O2. The smallest absolute Gasteiger partial charge is 0.305 e. The fourth-order valence-electron chi connectivity index (χ4n) is 2.13. The van der Waals surface area contributed by atoms with E-state index in [1.807, 2.05) is 0 Å². The second-order valence-electron chi connectivity index (χ2n) is 5.39. The summed E-state index contributed by atoms with van der Waals surface area (Å²) in [5.41, 5.74) is 1.56. The number of methoxy groups -OCH3 is 1. The van der Waals surface area contributed by atoms with Crippen LogP contribution in [0, 0.1) is 0 Å². The average Bonchev–Trinajstić information content (AvgIpc) is 2.42. The number of rotatable bonds is 12. The Bertz CT molecular complexity index is 244. The van der Waals surface area contributed by atoms with Gasteiger partial charge in [0.2, 0.25) is 0 Å². The van der Waals surface area contributed by atoms with Gasteiger partial charge in [0.1, 0.15) is 0 Å². The largest absolute Gasteiger partial charge is 0.469 e. The molecule has 0 amide bonds. The molecule has 0 aliphatic carbocycles. The molecule has 0 bridgehead atoms. The SMILES string of the molecule is CCCC/C(C)=C\CCCCCCCCC(=O)OC. The lowest BCUT2D eigenvalue weighted by Crippen LogP contribution is -1.99. The Morgan fingerprint density at radius 3 is 2.21 bits per heavy atom. The molecule has 0 aromatic rings. The number of ether oxygens (including phenoxy) is 1. The van der Waals surface area contributed by atoms with E-state index in [0.29, 0.717) is 6.42 Å². The van der Waals surface area contributed by atoms with Crippen molar-refractivity contribution in [2.75, 3.05) is 7.11 Å². The molecule has 0 radical (unpaired) electrons. The normalized spacial score (nSPS) is 11.6. The lowest BCUT2D eigenvalue weighted by Gasteiger charge is -2.02. The van der Waals surface area contributed by atoms with Crippen molar-refractivity contribution in [3.8, 4) is 0 Å². The third kappa shape index (κ3) is 13.4. The maximum Gasteiger partial charge on any atom is 0.305 e. The molecule has 0 N–H and O–H groups in total. The van der Waals surface area contributed by atoms with Crippen LogP contribution in [0.2, 0.25) is 0 Å². The zero-order valence-corrected chi connectivity index (χ0v) is 13.2. The van der Waals surface area contributed by atoms with Crippen LogP contribution in [0.25, 0.3) is 0 Å². The summed E-state index contributed by atoms with van der Waals surface area (Å²) in [6, 6.07) is 0. The third-order valence-electron chi connectivity index (χ3n) is 3.48. The molecule has 2 nitrogen and oxygen atoms in total. The monoisotopic (exact) mass is 268 g/mol. The highest BCUT2D eigenvalue weighted by Gasteiger charge is 1.98. The van der Waals surface area contributed by atoms with Crippen LogP contribution in [0.4, 0.5) is 0 Å². The molecular weight excluding hydrogens is 236 g/mol. The van der Waals surface area contributed by atoms with Crippen LogP contribution < -0.4 is 0 Å². The van der Waals surface area contributed by atoms with Gasteiger partial charge in [0.25, 0.3) is 0 Å². The van der Waals surface area contributed by atoms with Crippen molar-refractivity contribution >= 4 is 5.97 Å². The molecule has 19 heavy (non-hydrogen) atoms. The summed E-state index contributed by atoms with van der Waals surface area (Å²) in [6.07, 6.45) is 15.4. The zero-order valence-electron chi connectivity index (χ0n) is 13.2. The predicted octanol–water partition coefficient (Wildman–Crippen LogP) is 5.42. The van der Waals surface area contributed by atoms with Gasteiger partial charge >= 0.3 is 5.97 Å². The highest BCUT2D eigenvalue weighted by Crippen LogP contribution is 2.12. The number of unbranched alkanes of at least 4 members (excludes halogenated alkanes) is 7. The molecule has 0 saturated heterocycles. The van der Waals surface area contributed by atoms with Gasteiger partial charge in [-0.25, -0.2) is 0 Å². The number of hydrogen-bond acceptors (Lipinski definition) is 2. The molecule has 0 aliphatic heterocycles. The first-order chi connectivity index (χ1) is 9.20. The van der Waals surface area contributed by atoms with E-state index in [-0.39, 0.29) is 5.97 Å². The van der Waals surface area contributed by atoms with Crippen molar-refractivity contribution in [2.45, 2.75) is 84.5 Å². The second kappa shape index (κ2) is 13.6. The average molecular weight is 268 g/mol. The first-order valence-corrected chi connectivity index (χ1v) is 7.93. The van der Waals surface area contributed by atoms with E-state index in [1.165, 1.54) is 58.5 Å². The van der Waals surface area contributed by atoms with E-state index in [4.69, 9.17) is 0 Å². The molecule has 0 heterocycles. The van der Waals surface area contributed by atoms with E-state index >= 15 is 0 Å². The molecule has 0 aliphatic rings. The van der Waals surface area contributed by atoms with Gasteiger partial charge in [-0.05, 0) is 39.0 Å². The van der Waals surface area contributed by atoms with Crippen molar-refractivity contribution in [3.63, 3.8) is 0 Å². The van der Waals surface area contributed by atoms with Crippen molar-refractivity contribution in [3.05, 3.63) is 11.6 Å². The molecule has 2 heteroatoms. The maximum absolute atomic E-state index is 10.9. The second-order valence-corrected chi connectivity index (χ2v) is 5.39. The fraction of sp³-hybridized carbons (Fsp3) is 0.824. The number of esters is 1. The molecule has 112 valence electrons. The Hall–Kier alpha value is -0.790. The Morgan fingerprint density at radius 2 is 1.58 bits per heavy atom. The van der Waals surface area contributed by atoms with Gasteiger partial charge in [0, 0.05) is 6.42 Å². The predicted molar refractivity (Wildman–Crippen MR) is 82.2 cm³/mol. The van der Waals surface area contributed by atoms with Gasteiger partial charge in [-0.3, -0.25) is 4.79 Å². The van der Waals surface area contributed by atoms with E-state index in [2.05, 4.69) is 24.7 Å². The number of carbonyl (C=O) groups excluding carboxylic acids is 1. The highest BCUT2D eigenvalue weighted by molar-refractivity contribution is 5.68. The van der Waals surface area contributed by atoms with Crippen molar-refractivity contribution in [1.29, 1.82) is 0 Å². The number of hydrogen-bond donors (Lipinski definition) is 0. The first-order valence-electron chi connectivity index (χ1n) is 7.93. The Morgan fingerprint density at radius 1 is 0.947 bits per heavy atom. The highest BCUT2D eigenvalue weighted by atomic mass is 16.5. The molecule has 0 spiro atoms. The molecule has 0 aromatic carbocycles. The topological polar surface area (TPSA) is 26.3 Å². The van der Waals surface area contributed by atoms with Crippen LogP contribution in [0.3, 0.4) is 0 Å². The van der Waals surface area contributed by atoms with Crippen LogP contribution in [0.5, 0.6) is 0 Å². The lowest BCUT2D eigenvalue weighted by molar-refractivity contribution is -0.140. The minimum absolute atomic E-state index is 0.0762. The van der Waals surface area contributed by atoms with Crippen LogP contribution in [-0.4, -0.2) is 13.1 Å². The molecule has 0 atom stereocenters. The summed E-state index contributed by atoms with van der Waals surface area (Å²) in [5, 5.41) is 0. The zero-order chi connectivity index (χ0) is 14.3. The minimum Gasteiger partial charge on any atom is -0.469 e. The maximum atomic E-state index is 10.9. The summed E-state index contributed by atoms with van der Waals surface area (Å²) in [6.45, 7) is 4.50. The van der Waals surface area contributed by atoms with Crippen LogP contribution in [0.15, 0.2) is 11.6 Å². The van der Waals surface area contributed by atoms with Gasteiger partial charge < -0.3 is 4.74 Å². The first kappa shape index (κ1) is 18.2. The van der Waals surface area contributed by atoms with Gasteiger partial charge in [0.05, 0.1) is 7.11 Å². The quantitative estimate of drug-likeness (QED) is 0.268. The molecule has 0 aromatic heterocycles. The molecule has 0 rings (SSSR count). The van der Waals surface area contributed by atoms with Gasteiger partial charge in [-0.15, -0.1) is 0 Å². The van der Waals surface area contributed by atoms with E-state index in [0.717, 1.165) is 12.8 Å². The fourth-order valence-corrected chi connectivity index (χ4v) is 2.13. The summed E-state index contributed by atoms with van der Waals surface area (Å²) in [5.74, 6) is -0.0762. The lowest BCUT2D eigenvalue weighted by atomic mass is 10.1. The van der Waals surface area contributed by atoms with E-state index < -0.39 is 0 Å². The molecule has 0 unspecified atom stereocenters. The van der Waals surface area contributed by atoms with Crippen molar-refractivity contribution in [1.82, 2.24) is 0 Å². The van der Waals surface area contributed by atoms with E-state index in [9.17, 15) is 4.79 Å².